The molecule has 0 aliphatic rings. The van der Waals surface area contributed by atoms with Crippen molar-refractivity contribution in [3.05, 3.63) is 30.1 Å². The van der Waals surface area contributed by atoms with Crippen LogP contribution in [0.5, 0.6) is 0 Å². The molecule has 4 nitrogen and oxygen atoms in total. The molecule has 0 amide bonds. The van der Waals surface area contributed by atoms with Gasteiger partial charge in [0.1, 0.15) is 5.82 Å². The van der Waals surface area contributed by atoms with Crippen LogP contribution in [-0.2, 0) is 13.5 Å². The van der Waals surface area contributed by atoms with Gasteiger partial charge in [0, 0.05) is 19.5 Å². The molecule has 1 unspecified atom stereocenters. The first-order valence-electron chi connectivity index (χ1n) is 6.00. The molecule has 1 aromatic heterocycles. The van der Waals surface area contributed by atoms with Crippen LogP contribution in [0.3, 0.4) is 0 Å². The van der Waals surface area contributed by atoms with Crippen LogP contribution in [0.15, 0.2) is 24.3 Å². The number of imidazole rings is 1. The Morgan fingerprint density at radius 3 is 2.65 bits per heavy atom. The fraction of sp³-hybridized carbons (Fsp3) is 0.462. The molecule has 17 heavy (non-hydrogen) atoms. The Balaban J connectivity index is 2.33. The summed E-state index contributed by atoms with van der Waals surface area (Å²) in [4.78, 5) is 4.65. The maximum atomic E-state index is 5.58. The summed E-state index contributed by atoms with van der Waals surface area (Å²) in [6.45, 7) is 4.32. The predicted octanol–water partition coefficient (Wildman–Crippen LogP) is 1.60. The Morgan fingerprint density at radius 1 is 1.35 bits per heavy atom. The highest BCUT2D eigenvalue weighted by Gasteiger charge is 2.16. The summed E-state index contributed by atoms with van der Waals surface area (Å²) in [7, 11) is 2.05. The van der Waals surface area contributed by atoms with E-state index in [1.54, 1.807) is 0 Å². The molecule has 0 aliphatic heterocycles. The van der Waals surface area contributed by atoms with Crippen molar-refractivity contribution in [1.29, 1.82) is 0 Å². The average molecular weight is 232 g/mol. The minimum Gasteiger partial charge on any atom is -0.331 e. The minimum atomic E-state index is 0.255. The van der Waals surface area contributed by atoms with Gasteiger partial charge in [0.15, 0.2) is 0 Å². The molecule has 1 heterocycles. The molecule has 0 bridgehead atoms. The van der Waals surface area contributed by atoms with E-state index in [1.807, 2.05) is 18.2 Å². The third-order valence-corrected chi connectivity index (χ3v) is 3.30. The number of hydrogen-bond donors (Lipinski definition) is 2. The summed E-state index contributed by atoms with van der Waals surface area (Å²) in [5, 5.41) is 0. The summed E-state index contributed by atoms with van der Waals surface area (Å²) in [5.74, 6) is 7.14. The molecule has 0 aliphatic carbocycles. The maximum Gasteiger partial charge on any atom is 0.111 e. The number of benzene rings is 1. The molecule has 1 aromatic carbocycles. The van der Waals surface area contributed by atoms with E-state index in [2.05, 4.69) is 41.9 Å². The molecular formula is C13H20N4. The molecule has 2 aromatic rings. The zero-order valence-corrected chi connectivity index (χ0v) is 10.6. The van der Waals surface area contributed by atoms with Gasteiger partial charge in [-0.2, -0.15) is 0 Å². The highest BCUT2D eigenvalue weighted by Crippen LogP contribution is 2.16. The second-order valence-corrected chi connectivity index (χ2v) is 4.80. The van der Waals surface area contributed by atoms with Crippen molar-refractivity contribution in [3.8, 4) is 0 Å². The number of hydrogen-bond acceptors (Lipinski definition) is 3. The fourth-order valence-electron chi connectivity index (χ4n) is 2.06. The van der Waals surface area contributed by atoms with Gasteiger partial charge in [-0.15, -0.1) is 0 Å². The van der Waals surface area contributed by atoms with Crippen LogP contribution in [0.4, 0.5) is 0 Å². The second kappa shape index (κ2) is 4.85. The van der Waals surface area contributed by atoms with Gasteiger partial charge in [0.05, 0.1) is 11.0 Å². The molecule has 0 spiro atoms. The Morgan fingerprint density at radius 2 is 2.06 bits per heavy atom. The zero-order valence-electron chi connectivity index (χ0n) is 10.6. The number of rotatable bonds is 4. The van der Waals surface area contributed by atoms with Crippen LogP contribution in [-0.4, -0.2) is 15.6 Å². The third kappa shape index (κ3) is 2.33. The van der Waals surface area contributed by atoms with E-state index in [4.69, 9.17) is 5.84 Å². The van der Waals surface area contributed by atoms with Gasteiger partial charge in [0.2, 0.25) is 0 Å². The van der Waals surface area contributed by atoms with E-state index in [1.165, 1.54) is 5.52 Å². The first-order chi connectivity index (χ1) is 8.13. The highest BCUT2D eigenvalue weighted by atomic mass is 15.2. The van der Waals surface area contributed by atoms with Gasteiger partial charge in [-0.25, -0.2) is 4.98 Å². The van der Waals surface area contributed by atoms with Crippen molar-refractivity contribution in [1.82, 2.24) is 15.0 Å². The second-order valence-electron chi connectivity index (χ2n) is 4.80. The molecule has 4 heteroatoms. The van der Waals surface area contributed by atoms with Gasteiger partial charge in [-0.1, -0.05) is 26.0 Å². The molecule has 92 valence electrons. The predicted molar refractivity (Wildman–Crippen MR) is 70.4 cm³/mol. The van der Waals surface area contributed by atoms with E-state index >= 15 is 0 Å². The lowest BCUT2D eigenvalue weighted by atomic mass is 10.0. The molecular weight excluding hydrogens is 212 g/mol. The molecule has 2 rings (SSSR count). The summed E-state index contributed by atoms with van der Waals surface area (Å²) >= 11 is 0. The first kappa shape index (κ1) is 12.1. The monoisotopic (exact) mass is 232 g/mol. The first-order valence-corrected chi connectivity index (χ1v) is 6.00. The van der Waals surface area contributed by atoms with E-state index in [0.29, 0.717) is 5.92 Å². The normalized spacial score (nSPS) is 13.5. The lowest BCUT2D eigenvalue weighted by molar-refractivity contribution is 0.395. The Labute approximate surface area is 102 Å². The number of aryl methyl sites for hydroxylation is 1. The van der Waals surface area contributed by atoms with E-state index < -0.39 is 0 Å². The van der Waals surface area contributed by atoms with Crippen LogP contribution < -0.4 is 11.3 Å². The van der Waals surface area contributed by atoms with Gasteiger partial charge in [0.25, 0.3) is 0 Å². The fourth-order valence-corrected chi connectivity index (χ4v) is 2.06. The third-order valence-electron chi connectivity index (χ3n) is 3.30. The van der Waals surface area contributed by atoms with Gasteiger partial charge in [-0.3, -0.25) is 11.3 Å². The van der Waals surface area contributed by atoms with Crippen molar-refractivity contribution in [2.24, 2.45) is 18.8 Å². The summed E-state index contributed by atoms with van der Waals surface area (Å²) in [6.07, 6.45) is 0.847. The van der Waals surface area contributed by atoms with Crippen LogP contribution >= 0.6 is 0 Å². The topological polar surface area (TPSA) is 55.9 Å². The van der Waals surface area contributed by atoms with Gasteiger partial charge >= 0.3 is 0 Å². The summed E-state index contributed by atoms with van der Waals surface area (Å²) in [5.41, 5.74) is 5.08. The lowest BCUT2D eigenvalue weighted by Crippen LogP contribution is -2.41. The van der Waals surface area contributed by atoms with Gasteiger partial charge in [-0.05, 0) is 18.1 Å². The quantitative estimate of drug-likeness (QED) is 0.622. The van der Waals surface area contributed by atoms with Crippen LogP contribution in [0.25, 0.3) is 11.0 Å². The standard InChI is InChI=1S/C13H20N4/c1-9(2)11(16-14)8-13-15-10-6-4-5-7-12(10)17(13)3/h4-7,9,11,16H,8,14H2,1-3H3. The van der Waals surface area contributed by atoms with Crippen molar-refractivity contribution in [2.75, 3.05) is 0 Å². The Kier molecular flexibility index (Phi) is 3.45. The van der Waals surface area contributed by atoms with E-state index in [9.17, 15) is 0 Å². The van der Waals surface area contributed by atoms with Crippen molar-refractivity contribution in [3.63, 3.8) is 0 Å². The average Bonchev–Trinajstić information content (AvgIpc) is 2.63. The van der Waals surface area contributed by atoms with Crippen molar-refractivity contribution >= 4 is 11.0 Å². The van der Waals surface area contributed by atoms with Crippen LogP contribution in [0.1, 0.15) is 19.7 Å². The molecule has 0 fully saturated rings. The number of nitrogens with one attached hydrogen (secondary N) is 1. The Bertz CT molecular complexity index is 501. The number of aromatic nitrogens is 2. The smallest absolute Gasteiger partial charge is 0.111 e. The van der Waals surface area contributed by atoms with E-state index in [0.717, 1.165) is 17.8 Å². The largest absolute Gasteiger partial charge is 0.331 e. The van der Waals surface area contributed by atoms with Crippen molar-refractivity contribution < 1.29 is 0 Å². The molecule has 0 saturated heterocycles. The molecule has 1 atom stereocenters. The number of fused-ring (bicyclic) bond motifs is 1. The molecule has 0 radical (unpaired) electrons. The van der Waals surface area contributed by atoms with Crippen LogP contribution in [0.2, 0.25) is 0 Å². The van der Waals surface area contributed by atoms with Crippen LogP contribution in [0, 0.1) is 5.92 Å². The number of para-hydroxylation sites is 2. The maximum absolute atomic E-state index is 5.58. The minimum absolute atomic E-state index is 0.255. The molecule has 0 saturated carbocycles. The summed E-state index contributed by atoms with van der Waals surface area (Å²) < 4.78 is 2.14. The molecule has 3 N–H and O–H groups in total. The van der Waals surface area contributed by atoms with E-state index in [-0.39, 0.29) is 6.04 Å². The zero-order chi connectivity index (χ0) is 12.4. The number of nitrogens with zero attached hydrogens (tertiary/aromatic N) is 2. The number of nitrogens with two attached hydrogens (primary N) is 1. The lowest BCUT2D eigenvalue weighted by Gasteiger charge is -2.19. The highest BCUT2D eigenvalue weighted by molar-refractivity contribution is 5.75. The van der Waals surface area contributed by atoms with Gasteiger partial charge < -0.3 is 4.57 Å². The summed E-state index contributed by atoms with van der Waals surface area (Å²) in [6, 6.07) is 8.44. The van der Waals surface area contributed by atoms with Crippen molar-refractivity contribution in [2.45, 2.75) is 26.3 Å². The number of hydrazine groups is 1. The SMILES string of the molecule is CC(C)C(Cc1nc2ccccc2n1C)NN. The Hall–Kier alpha value is -1.39.